The second-order valence-electron chi connectivity index (χ2n) is 5.82. The van der Waals surface area contributed by atoms with Gasteiger partial charge < -0.3 is 10.6 Å². The molecule has 1 atom stereocenters. The van der Waals surface area contributed by atoms with Crippen molar-refractivity contribution in [3.05, 3.63) is 28.2 Å². The van der Waals surface area contributed by atoms with Crippen molar-refractivity contribution in [2.24, 2.45) is 11.7 Å². The van der Waals surface area contributed by atoms with Gasteiger partial charge in [-0.2, -0.15) is 0 Å². The van der Waals surface area contributed by atoms with E-state index in [1.807, 2.05) is 0 Å². The van der Waals surface area contributed by atoms with E-state index < -0.39 is 0 Å². The van der Waals surface area contributed by atoms with E-state index >= 15 is 0 Å². The first-order valence-electron chi connectivity index (χ1n) is 6.97. The van der Waals surface area contributed by atoms with E-state index in [2.05, 4.69) is 46.0 Å². The zero-order valence-corrected chi connectivity index (χ0v) is 12.5. The van der Waals surface area contributed by atoms with Crippen LogP contribution >= 0.6 is 15.9 Å². The number of nitrogens with two attached hydrogens (primary N) is 1. The summed E-state index contributed by atoms with van der Waals surface area (Å²) in [6.45, 7) is 3.31. The molecule has 2 N–H and O–H groups in total. The lowest BCUT2D eigenvalue weighted by Gasteiger charge is -2.28. The Morgan fingerprint density at radius 1 is 1.33 bits per heavy atom. The van der Waals surface area contributed by atoms with Crippen LogP contribution in [0.2, 0.25) is 0 Å². The van der Waals surface area contributed by atoms with Gasteiger partial charge >= 0.3 is 0 Å². The van der Waals surface area contributed by atoms with Gasteiger partial charge in [0.1, 0.15) is 0 Å². The molecule has 1 unspecified atom stereocenters. The normalized spacial score (nSPS) is 20.8. The quantitative estimate of drug-likeness (QED) is 0.895. The van der Waals surface area contributed by atoms with E-state index in [0.717, 1.165) is 16.4 Å². The summed E-state index contributed by atoms with van der Waals surface area (Å²) in [5, 5.41) is 0. The Kier molecular flexibility index (Phi) is 3.37. The van der Waals surface area contributed by atoms with E-state index in [0.29, 0.717) is 0 Å². The number of nitrogens with zero attached hydrogens (tertiary/aromatic N) is 1. The average Bonchev–Trinajstić information content (AvgIpc) is 3.19. The van der Waals surface area contributed by atoms with Crippen molar-refractivity contribution in [3.8, 4) is 0 Å². The molecule has 3 rings (SSSR count). The van der Waals surface area contributed by atoms with Crippen LogP contribution in [0.15, 0.2) is 22.7 Å². The number of benzene rings is 1. The molecule has 3 heteroatoms. The van der Waals surface area contributed by atoms with E-state index in [1.165, 1.54) is 43.5 Å². The summed E-state index contributed by atoms with van der Waals surface area (Å²) in [6, 6.07) is 7.43. The first-order chi connectivity index (χ1) is 8.65. The Morgan fingerprint density at radius 2 is 2.06 bits per heavy atom. The lowest BCUT2D eigenvalue weighted by molar-refractivity contribution is 0.705. The molecule has 0 bridgehead atoms. The molecule has 0 heterocycles. The molecular weight excluding hydrogens is 288 g/mol. The Bertz CT molecular complexity index is 436. The Morgan fingerprint density at radius 3 is 2.61 bits per heavy atom. The molecule has 18 heavy (non-hydrogen) atoms. The van der Waals surface area contributed by atoms with E-state index in [1.54, 1.807) is 0 Å². The summed E-state index contributed by atoms with van der Waals surface area (Å²) < 4.78 is 1.13. The molecule has 2 saturated carbocycles. The second-order valence-corrected chi connectivity index (χ2v) is 6.73. The van der Waals surface area contributed by atoms with Crippen molar-refractivity contribution in [1.82, 2.24) is 0 Å². The maximum absolute atomic E-state index is 6.14. The third-order valence-corrected chi connectivity index (χ3v) is 4.42. The SMILES string of the molecule is CC(N)c1cc(Br)ccc1N(CC1CC1)C1CC1. The zero-order chi connectivity index (χ0) is 12.7. The van der Waals surface area contributed by atoms with Crippen LogP contribution in [0.1, 0.15) is 44.2 Å². The zero-order valence-electron chi connectivity index (χ0n) is 10.9. The van der Waals surface area contributed by atoms with Crippen molar-refractivity contribution in [3.63, 3.8) is 0 Å². The third-order valence-electron chi connectivity index (χ3n) is 3.93. The molecule has 2 aliphatic rings. The summed E-state index contributed by atoms with van der Waals surface area (Å²) in [5.41, 5.74) is 8.78. The fraction of sp³-hybridized carbons (Fsp3) is 0.600. The van der Waals surface area contributed by atoms with Crippen molar-refractivity contribution in [2.75, 3.05) is 11.4 Å². The fourth-order valence-electron chi connectivity index (χ4n) is 2.56. The van der Waals surface area contributed by atoms with Gasteiger partial charge in [-0.3, -0.25) is 0 Å². The predicted molar refractivity (Wildman–Crippen MR) is 79.8 cm³/mol. The molecular formula is C15H21BrN2. The highest BCUT2D eigenvalue weighted by Crippen LogP contribution is 2.40. The Labute approximate surface area is 118 Å². The molecule has 2 aliphatic carbocycles. The van der Waals surface area contributed by atoms with Crippen molar-refractivity contribution < 1.29 is 0 Å². The number of hydrogen-bond donors (Lipinski definition) is 1. The average molecular weight is 309 g/mol. The van der Waals surface area contributed by atoms with Crippen LogP contribution in [0.4, 0.5) is 5.69 Å². The van der Waals surface area contributed by atoms with Gasteiger partial charge in [0.15, 0.2) is 0 Å². The van der Waals surface area contributed by atoms with Gasteiger partial charge in [0, 0.05) is 28.8 Å². The van der Waals surface area contributed by atoms with Crippen LogP contribution < -0.4 is 10.6 Å². The summed E-state index contributed by atoms with van der Waals surface area (Å²) >= 11 is 3.56. The predicted octanol–water partition coefficient (Wildman–Crippen LogP) is 3.85. The van der Waals surface area contributed by atoms with Crippen molar-refractivity contribution in [2.45, 2.75) is 44.7 Å². The lowest BCUT2D eigenvalue weighted by Crippen LogP contribution is -2.29. The van der Waals surface area contributed by atoms with Crippen molar-refractivity contribution in [1.29, 1.82) is 0 Å². The molecule has 1 aromatic carbocycles. The number of hydrogen-bond acceptors (Lipinski definition) is 2. The second kappa shape index (κ2) is 4.86. The summed E-state index contributed by atoms with van der Waals surface area (Å²) in [5.74, 6) is 0.926. The van der Waals surface area contributed by atoms with Gasteiger partial charge in [-0.15, -0.1) is 0 Å². The van der Waals surface area contributed by atoms with Crippen LogP contribution in [0.5, 0.6) is 0 Å². The minimum absolute atomic E-state index is 0.0953. The number of rotatable bonds is 5. The van der Waals surface area contributed by atoms with Crippen LogP contribution in [-0.2, 0) is 0 Å². The summed E-state index contributed by atoms with van der Waals surface area (Å²) in [7, 11) is 0. The largest absolute Gasteiger partial charge is 0.368 e. The molecule has 0 radical (unpaired) electrons. The third kappa shape index (κ3) is 2.72. The monoisotopic (exact) mass is 308 g/mol. The summed E-state index contributed by atoms with van der Waals surface area (Å²) in [4.78, 5) is 2.61. The van der Waals surface area contributed by atoms with Crippen LogP contribution in [-0.4, -0.2) is 12.6 Å². The van der Waals surface area contributed by atoms with E-state index in [-0.39, 0.29) is 6.04 Å². The van der Waals surface area contributed by atoms with Crippen LogP contribution in [0, 0.1) is 5.92 Å². The Balaban J connectivity index is 1.91. The molecule has 1 aromatic rings. The summed E-state index contributed by atoms with van der Waals surface area (Å²) in [6.07, 6.45) is 5.52. The lowest BCUT2D eigenvalue weighted by atomic mass is 10.1. The first kappa shape index (κ1) is 12.5. The van der Waals surface area contributed by atoms with Gasteiger partial charge in [0.25, 0.3) is 0 Å². The molecule has 0 spiro atoms. The molecule has 0 aliphatic heterocycles. The first-order valence-corrected chi connectivity index (χ1v) is 7.76. The van der Waals surface area contributed by atoms with Gasteiger partial charge in [-0.1, -0.05) is 15.9 Å². The minimum Gasteiger partial charge on any atom is -0.368 e. The highest BCUT2D eigenvalue weighted by Gasteiger charge is 2.34. The highest BCUT2D eigenvalue weighted by atomic mass is 79.9. The molecule has 0 amide bonds. The van der Waals surface area contributed by atoms with Gasteiger partial charge in [0.2, 0.25) is 0 Å². The van der Waals surface area contributed by atoms with E-state index in [9.17, 15) is 0 Å². The minimum atomic E-state index is 0.0953. The molecule has 98 valence electrons. The topological polar surface area (TPSA) is 29.3 Å². The van der Waals surface area contributed by atoms with Crippen molar-refractivity contribution >= 4 is 21.6 Å². The maximum atomic E-state index is 6.14. The van der Waals surface area contributed by atoms with Gasteiger partial charge in [0.05, 0.1) is 0 Å². The van der Waals surface area contributed by atoms with E-state index in [4.69, 9.17) is 5.73 Å². The smallest absolute Gasteiger partial charge is 0.0417 e. The molecule has 2 nitrogen and oxygen atoms in total. The van der Waals surface area contributed by atoms with Crippen LogP contribution in [0.3, 0.4) is 0 Å². The fourth-order valence-corrected chi connectivity index (χ4v) is 2.94. The number of halogens is 1. The molecule has 0 saturated heterocycles. The molecule has 2 fully saturated rings. The molecule has 0 aromatic heterocycles. The standard InChI is InChI=1S/C15H21BrN2/c1-10(17)14-8-12(16)4-7-15(14)18(13-5-6-13)9-11-2-3-11/h4,7-8,10-11,13H,2-3,5-6,9,17H2,1H3. The van der Waals surface area contributed by atoms with Gasteiger partial charge in [-0.25, -0.2) is 0 Å². The highest BCUT2D eigenvalue weighted by molar-refractivity contribution is 9.10. The van der Waals surface area contributed by atoms with Crippen LogP contribution in [0.25, 0.3) is 0 Å². The Hall–Kier alpha value is -0.540. The number of anilines is 1. The maximum Gasteiger partial charge on any atom is 0.0417 e. The van der Waals surface area contributed by atoms with Gasteiger partial charge in [-0.05, 0) is 62.3 Å².